The molecule has 196 valence electrons. The molecule has 2 amide bonds. The second kappa shape index (κ2) is 11.7. The molecule has 0 radical (unpaired) electrons. The van der Waals surface area contributed by atoms with E-state index in [0.29, 0.717) is 32.4 Å². The lowest BCUT2D eigenvalue weighted by Crippen LogP contribution is -2.59. The summed E-state index contributed by atoms with van der Waals surface area (Å²) in [5.41, 5.74) is -1.09. The summed E-state index contributed by atoms with van der Waals surface area (Å²) in [6.07, 6.45) is 7.41. The van der Waals surface area contributed by atoms with E-state index in [4.69, 9.17) is 9.47 Å². The Kier molecular flexibility index (Phi) is 9.16. The molecule has 1 N–H and O–H groups in total. The molecule has 3 saturated heterocycles. The van der Waals surface area contributed by atoms with Crippen molar-refractivity contribution in [3.8, 4) is 0 Å². The van der Waals surface area contributed by atoms with Crippen LogP contribution in [0.25, 0.3) is 0 Å². The van der Waals surface area contributed by atoms with E-state index in [1.165, 1.54) is 0 Å². The Labute approximate surface area is 209 Å². The number of ether oxygens (including phenoxy) is 2. The number of aliphatic hydroxyl groups is 1. The quantitative estimate of drug-likeness (QED) is 0.229. The monoisotopic (exact) mass is 490 g/mol. The lowest BCUT2D eigenvalue weighted by molar-refractivity contribution is -0.157. The van der Waals surface area contributed by atoms with Crippen LogP contribution in [-0.2, 0) is 23.9 Å². The molecule has 2 bridgehead atoms. The van der Waals surface area contributed by atoms with E-state index in [1.54, 1.807) is 22.0 Å². The second-order valence-corrected chi connectivity index (χ2v) is 10.3. The van der Waals surface area contributed by atoms with Crippen molar-refractivity contribution < 1.29 is 29.0 Å². The van der Waals surface area contributed by atoms with Gasteiger partial charge >= 0.3 is 5.97 Å². The Morgan fingerprint density at radius 3 is 2.66 bits per heavy atom. The molecule has 8 nitrogen and oxygen atoms in total. The predicted octanol–water partition coefficient (Wildman–Crippen LogP) is 2.70. The number of carbonyl (C=O) groups is 3. The maximum absolute atomic E-state index is 14.1. The zero-order valence-electron chi connectivity index (χ0n) is 21.5. The molecular formula is C27H42N2O6. The number of hydrogen-bond donors (Lipinski definition) is 1. The summed E-state index contributed by atoms with van der Waals surface area (Å²) in [4.78, 5) is 44.5. The van der Waals surface area contributed by atoms with Crippen LogP contribution in [0.4, 0.5) is 0 Å². The van der Waals surface area contributed by atoms with E-state index in [9.17, 15) is 19.5 Å². The minimum atomic E-state index is -1.09. The number of fused-ring (bicyclic) bond motifs is 1. The number of hydrogen-bond acceptors (Lipinski definition) is 6. The van der Waals surface area contributed by atoms with Crippen molar-refractivity contribution in [2.24, 2.45) is 17.8 Å². The van der Waals surface area contributed by atoms with Crippen LogP contribution in [0, 0.1) is 17.8 Å². The molecule has 3 heterocycles. The molecule has 3 aliphatic rings. The molecule has 0 aliphatic carbocycles. The van der Waals surface area contributed by atoms with Crippen molar-refractivity contribution in [1.29, 1.82) is 0 Å². The van der Waals surface area contributed by atoms with Gasteiger partial charge in [0.1, 0.15) is 11.6 Å². The highest BCUT2D eigenvalue weighted by Gasteiger charge is 2.75. The average Bonchev–Trinajstić information content (AvgIpc) is 3.46. The highest BCUT2D eigenvalue weighted by molar-refractivity contribution is 5.98. The maximum atomic E-state index is 14.1. The van der Waals surface area contributed by atoms with E-state index < -0.39 is 41.6 Å². The van der Waals surface area contributed by atoms with Crippen molar-refractivity contribution >= 4 is 17.8 Å². The van der Waals surface area contributed by atoms with Crippen molar-refractivity contribution in [2.45, 2.75) is 83.1 Å². The molecule has 0 aromatic carbocycles. The van der Waals surface area contributed by atoms with E-state index in [2.05, 4.69) is 20.1 Å². The van der Waals surface area contributed by atoms with Crippen molar-refractivity contribution in [2.75, 3.05) is 26.3 Å². The molecule has 35 heavy (non-hydrogen) atoms. The lowest BCUT2D eigenvalue weighted by atomic mass is 9.70. The maximum Gasteiger partial charge on any atom is 0.312 e. The zero-order valence-corrected chi connectivity index (χ0v) is 21.5. The first-order chi connectivity index (χ1) is 16.8. The van der Waals surface area contributed by atoms with Crippen LogP contribution in [0.1, 0.15) is 59.3 Å². The zero-order chi connectivity index (χ0) is 25.8. The summed E-state index contributed by atoms with van der Waals surface area (Å²) in [7, 11) is 0. The highest BCUT2D eigenvalue weighted by atomic mass is 16.6. The molecule has 1 spiro atoms. The molecule has 0 aromatic heterocycles. The van der Waals surface area contributed by atoms with Gasteiger partial charge in [-0.1, -0.05) is 45.8 Å². The van der Waals surface area contributed by atoms with E-state index in [-0.39, 0.29) is 30.9 Å². The molecule has 8 heteroatoms. The number of rotatable bonds is 14. The minimum Gasteiger partial charge on any atom is -0.465 e. The Balaban J connectivity index is 2.01. The normalized spacial score (nSPS) is 29.9. The largest absolute Gasteiger partial charge is 0.465 e. The van der Waals surface area contributed by atoms with Gasteiger partial charge in [-0.2, -0.15) is 0 Å². The number of unbranched alkanes of at least 4 members (excludes halogenated alkanes) is 2. The third kappa shape index (κ3) is 4.92. The van der Waals surface area contributed by atoms with Crippen LogP contribution in [0.3, 0.4) is 0 Å². The number of carbonyl (C=O) groups excluding carboxylic acids is 3. The number of esters is 1. The summed E-state index contributed by atoms with van der Waals surface area (Å²) in [5.74, 6) is -2.58. The topological polar surface area (TPSA) is 96.4 Å². The Hall–Kier alpha value is -2.19. The van der Waals surface area contributed by atoms with E-state index in [0.717, 1.165) is 19.3 Å². The Bertz CT molecular complexity index is 813. The lowest BCUT2D eigenvalue weighted by Gasteiger charge is -2.40. The third-order valence-corrected chi connectivity index (χ3v) is 7.82. The summed E-state index contributed by atoms with van der Waals surface area (Å²) >= 11 is 0. The summed E-state index contributed by atoms with van der Waals surface area (Å²) in [5, 5.41) is 10.3. The smallest absolute Gasteiger partial charge is 0.312 e. The Morgan fingerprint density at radius 1 is 1.31 bits per heavy atom. The van der Waals surface area contributed by atoms with Gasteiger partial charge < -0.3 is 24.4 Å². The fraction of sp³-hybridized carbons (Fsp3) is 0.741. The van der Waals surface area contributed by atoms with Gasteiger partial charge in [-0.25, -0.2) is 0 Å². The minimum absolute atomic E-state index is 0.0855. The SMILES string of the molecule is C=CCCOC(=O)[C@@H]1[C@@H]2CCC3(O2)C(C(=O)N(CC=C)CCCCC)N([C@@H](CO)C(C)C)C(=O)[C@H]13. The van der Waals surface area contributed by atoms with Gasteiger partial charge in [0.2, 0.25) is 11.8 Å². The molecule has 0 aromatic rings. The summed E-state index contributed by atoms with van der Waals surface area (Å²) in [6.45, 7) is 14.3. The number of likely N-dealkylation sites (tertiary alicyclic amines) is 1. The third-order valence-electron chi connectivity index (χ3n) is 7.82. The van der Waals surface area contributed by atoms with Gasteiger partial charge in [0.05, 0.1) is 37.2 Å². The summed E-state index contributed by atoms with van der Waals surface area (Å²) < 4.78 is 11.9. The Morgan fingerprint density at radius 2 is 2.06 bits per heavy atom. The van der Waals surface area contributed by atoms with Gasteiger partial charge in [-0.3, -0.25) is 14.4 Å². The first-order valence-electron chi connectivity index (χ1n) is 13.1. The number of nitrogens with zero attached hydrogens (tertiary/aromatic N) is 2. The van der Waals surface area contributed by atoms with Gasteiger partial charge in [0.15, 0.2) is 0 Å². The van der Waals surface area contributed by atoms with Crippen LogP contribution in [0.2, 0.25) is 0 Å². The second-order valence-electron chi connectivity index (χ2n) is 10.3. The number of amides is 2. The van der Waals surface area contributed by atoms with Crippen LogP contribution >= 0.6 is 0 Å². The van der Waals surface area contributed by atoms with E-state index in [1.807, 2.05) is 13.8 Å². The van der Waals surface area contributed by atoms with Gasteiger partial charge in [-0.05, 0) is 31.6 Å². The molecular weight excluding hydrogens is 448 g/mol. The first-order valence-corrected chi connectivity index (χ1v) is 13.1. The molecule has 6 atom stereocenters. The standard InChI is InChI=1S/C27H42N2O6/c1-6-9-11-15-28(14-8-3)25(32)23-27-13-12-20(35-27)21(26(33)34-16-10-7-2)22(27)24(31)29(23)19(17-30)18(4)5/h7-8,18-23,30H,2-3,6,9-17H2,1,4-5H3/t19-,20-,21+,22-,23?,27?/m0/s1. The highest BCUT2D eigenvalue weighted by Crippen LogP contribution is 2.59. The van der Waals surface area contributed by atoms with E-state index >= 15 is 0 Å². The molecule has 2 unspecified atom stereocenters. The van der Waals surface area contributed by atoms with Crippen molar-refractivity contribution in [3.63, 3.8) is 0 Å². The van der Waals surface area contributed by atoms with Gasteiger partial charge in [0.25, 0.3) is 0 Å². The van der Waals surface area contributed by atoms with Crippen LogP contribution in [-0.4, -0.2) is 82.8 Å². The van der Waals surface area contributed by atoms with Gasteiger partial charge in [0, 0.05) is 13.1 Å². The van der Waals surface area contributed by atoms with Crippen molar-refractivity contribution in [3.05, 3.63) is 25.3 Å². The van der Waals surface area contributed by atoms with Crippen LogP contribution < -0.4 is 0 Å². The predicted molar refractivity (Wildman–Crippen MR) is 132 cm³/mol. The number of aliphatic hydroxyl groups excluding tert-OH is 1. The first kappa shape index (κ1) is 27.4. The summed E-state index contributed by atoms with van der Waals surface area (Å²) in [6, 6.07) is -1.45. The van der Waals surface area contributed by atoms with Gasteiger partial charge in [-0.15, -0.1) is 13.2 Å². The fourth-order valence-corrected chi connectivity index (χ4v) is 6.13. The molecule has 0 saturated carbocycles. The molecule has 3 aliphatic heterocycles. The fourth-order valence-electron chi connectivity index (χ4n) is 6.13. The average molecular weight is 491 g/mol. The van der Waals surface area contributed by atoms with Crippen molar-refractivity contribution in [1.82, 2.24) is 9.80 Å². The van der Waals surface area contributed by atoms with Crippen LogP contribution in [0.5, 0.6) is 0 Å². The van der Waals surface area contributed by atoms with Crippen LogP contribution in [0.15, 0.2) is 25.3 Å². The molecule has 3 fully saturated rings. The molecule has 3 rings (SSSR count).